The van der Waals surface area contributed by atoms with E-state index in [1.807, 2.05) is 0 Å². The van der Waals surface area contributed by atoms with Crippen LogP contribution in [0.15, 0.2) is 27.1 Å². The van der Waals surface area contributed by atoms with E-state index in [1.54, 1.807) is 20.8 Å². The zero-order valence-electron chi connectivity index (χ0n) is 11.0. The average Bonchev–Trinajstić information content (AvgIpc) is 2.26. The monoisotopic (exact) mass is 371 g/mol. The van der Waals surface area contributed by atoms with Gasteiger partial charge in [-0.05, 0) is 60.5 Å². The van der Waals surface area contributed by atoms with E-state index in [-0.39, 0.29) is 10.2 Å². The van der Waals surface area contributed by atoms with Gasteiger partial charge in [-0.15, -0.1) is 13.2 Å². The number of benzene rings is 1. The van der Waals surface area contributed by atoms with Gasteiger partial charge in [0.25, 0.3) is 0 Å². The first-order chi connectivity index (χ1) is 8.99. The van der Waals surface area contributed by atoms with E-state index in [1.165, 1.54) is 24.4 Å². The number of halogens is 4. The molecule has 0 N–H and O–H groups in total. The number of hydrogen-bond acceptors (Lipinski definition) is 2. The molecule has 1 atom stereocenters. The Labute approximate surface area is 126 Å². The van der Waals surface area contributed by atoms with E-state index in [4.69, 9.17) is 0 Å². The Morgan fingerprint density at radius 3 is 2.35 bits per heavy atom. The smallest absolute Gasteiger partial charge is 0.405 e. The Kier molecular flexibility index (Phi) is 5.37. The Balaban J connectivity index is 2.88. The number of ether oxygens (including phenoxy) is 1. The average molecular weight is 372 g/mol. The minimum absolute atomic E-state index is 0.139. The Morgan fingerprint density at radius 1 is 1.30 bits per heavy atom. The van der Waals surface area contributed by atoms with Crippen molar-refractivity contribution in [2.75, 3.05) is 0 Å². The SMILES string of the molecule is CC(C)(C)[S@](=O)/N=C/c1ccc(OC(F)(F)F)c(Br)c1. The number of alkyl halides is 3. The van der Waals surface area contributed by atoms with Crippen LogP contribution in [0.5, 0.6) is 5.75 Å². The molecule has 0 radical (unpaired) electrons. The topological polar surface area (TPSA) is 38.7 Å². The first kappa shape index (κ1) is 17.2. The molecule has 8 heteroatoms. The van der Waals surface area contributed by atoms with Crippen LogP contribution in [0.2, 0.25) is 0 Å². The van der Waals surface area contributed by atoms with Crippen LogP contribution < -0.4 is 4.74 Å². The van der Waals surface area contributed by atoms with Crippen LogP contribution in [0.3, 0.4) is 0 Å². The van der Waals surface area contributed by atoms with E-state index >= 15 is 0 Å². The highest BCUT2D eigenvalue weighted by Gasteiger charge is 2.31. The normalized spacial score (nSPS) is 14.6. The first-order valence-corrected chi connectivity index (χ1v) is 7.40. The van der Waals surface area contributed by atoms with Crippen LogP contribution >= 0.6 is 15.9 Å². The van der Waals surface area contributed by atoms with Crippen molar-refractivity contribution in [2.24, 2.45) is 4.40 Å². The minimum Gasteiger partial charge on any atom is -0.405 e. The predicted octanol–water partition coefficient (Wildman–Crippen LogP) is 4.23. The highest BCUT2D eigenvalue weighted by atomic mass is 79.9. The molecule has 0 aliphatic carbocycles. The third-order valence-corrected chi connectivity index (χ3v) is 3.97. The molecule has 0 amide bonds. The minimum atomic E-state index is -4.74. The van der Waals surface area contributed by atoms with Crippen LogP contribution in [-0.2, 0) is 11.0 Å². The molecule has 1 rings (SSSR count). The van der Waals surface area contributed by atoms with E-state index < -0.39 is 22.1 Å². The highest BCUT2D eigenvalue weighted by Crippen LogP contribution is 2.30. The molecule has 112 valence electrons. The molecular weight excluding hydrogens is 359 g/mol. The maximum Gasteiger partial charge on any atom is 0.573 e. The molecule has 0 spiro atoms. The van der Waals surface area contributed by atoms with Gasteiger partial charge in [0.05, 0.1) is 9.22 Å². The molecule has 0 saturated heterocycles. The molecule has 0 saturated carbocycles. The summed E-state index contributed by atoms with van der Waals surface area (Å²) in [5.74, 6) is -0.341. The number of hydrogen-bond donors (Lipinski definition) is 0. The van der Waals surface area contributed by atoms with Crippen LogP contribution in [-0.4, -0.2) is 21.5 Å². The summed E-state index contributed by atoms with van der Waals surface area (Å²) in [6.07, 6.45) is -3.39. The zero-order chi connectivity index (χ0) is 15.6. The molecule has 0 aliphatic rings. The van der Waals surface area contributed by atoms with Crippen LogP contribution in [0, 0.1) is 0 Å². The van der Waals surface area contributed by atoms with Crippen LogP contribution in [0.1, 0.15) is 26.3 Å². The standard InChI is InChI=1S/C12H13BrF3NO2S/c1-11(2,3)20(18)17-7-8-4-5-10(9(13)6-8)19-12(14,15)16/h4-7H,1-3H3/b17-7+/t20-/m0/s1. The summed E-state index contributed by atoms with van der Waals surface area (Å²) in [4.78, 5) is 0. The Bertz CT molecular complexity index is 538. The van der Waals surface area contributed by atoms with Gasteiger partial charge in [-0.25, -0.2) is 4.21 Å². The lowest BCUT2D eigenvalue weighted by molar-refractivity contribution is -0.274. The lowest BCUT2D eigenvalue weighted by Crippen LogP contribution is -2.19. The molecule has 0 heterocycles. The van der Waals surface area contributed by atoms with Gasteiger partial charge in [0, 0.05) is 6.21 Å². The third-order valence-electron chi connectivity index (χ3n) is 2.00. The van der Waals surface area contributed by atoms with Gasteiger partial charge in [0.15, 0.2) is 0 Å². The van der Waals surface area contributed by atoms with Crippen molar-refractivity contribution in [3.63, 3.8) is 0 Å². The molecule has 0 fully saturated rings. The Hall–Kier alpha value is -0.890. The lowest BCUT2D eigenvalue weighted by atomic mass is 10.2. The van der Waals surface area contributed by atoms with Crippen molar-refractivity contribution >= 4 is 33.1 Å². The van der Waals surface area contributed by atoms with Crippen molar-refractivity contribution in [2.45, 2.75) is 31.9 Å². The molecule has 0 unspecified atom stereocenters. The largest absolute Gasteiger partial charge is 0.573 e. The van der Waals surface area contributed by atoms with Crippen LogP contribution in [0.4, 0.5) is 13.2 Å². The number of nitrogens with zero attached hydrogens (tertiary/aromatic N) is 1. The maximum atomic E-state index is 12.1. The molecule has 1 aromatic carbocycles. The van der Waals surface area contributed by atoms with Crippen molar-refractivity contribution in [3.05, 3.63) is 28.2 Å². The van der Waals surface area contributed by atoms with E-state index in [0.717, 1.165) is 0 Å². The lowest BCUT2D eigenvalue weighted by Gasteiger charge is -2.13. The third kappa shape index (κ3) is 5.62. The summed E-state index contributed by atoms with van der Waals surface area (Å²) >= 11 is 2.98. The summed E-state index contributed by atoms with van der Waals surface area (Å²) < 4.78 is 55.3. The van der Waals surface area contributed by atoms with E-state index in [2.05, 4.69) is 25.1 Å². The zero-order valence-corrected chi connectivity index (χ0v) is 13.4. The van der Waals surface area contributed by atoms with Gasteiger partial charge in [0.2, 0.25) is 0 Å². The van der Waals surface area contributed by atoms with Crippen molar-refractivity contribution in [1.82, 2.24) is 0 Å². The van der Waals surface area contributed by atoms with Gasteiger partial charge in [-0.1, -0.05) is 0 Å². The van der Waals surface area contributed by atoms with Crippen molar-refractivity contribution in [3.8, 4) is 5.75 Å². The summed E-state index contributed by atoms with van der Waals surface area (Å²) in [6.45, 7) is 5.32. The Morgan fingerprint density at radius 2 is 1.90 bits per heavy atom. The summed E-state index contributed by atoms with van der Waals surface area (Å²) in [5, 5.41) is 0. The van der Waals surface area contributed by atoms with Gasteiger partial charge in [-0.3, -0.25) is 0 Å². The van der Waals surface area contributed by atoms with Gasteiger partial charge < -0.3 is 4.74 Å². The molecule has 3 nitrogen and oxygen atoms in total. The fourth-order valence-corrected chi connectivity index (χ4v) is 2.08. The first-order valence-electron chi connectivity index (χ1n) is 5.50. The van der Waals surface area contributed by atoms with Gasteiger partial charge >= 0.3 is 6.36 Å². The fraction of sp³-hybridized carbons (Fsp3) is 0.417. The number of rotatable bonds is 3. The summed E-state index contributed by atoms with van der Waals surface area (Å²) in [5.41, 5.74) is 0.518. The summed E-state index contributed by atoms with van der Waals surface area (Å²) in [7, 11) is -1.42. The van der Waals surface area contributed by atoms with Crippen LogP contribution in [0.25, 0.3) is 0 Å². The fourth-order valence-electron chi connectivity index (χ4n) is 1.07. The second-order valence-corrected chi connectivity index (χ2v) is 7.62. The van der Waals surface area contributed by atoms with Gasteiger partial charge in [0.1, 0.15) is 16.7 Å². The van der Waals surface area contributed by atoms with Crippen molar-refractivity contribution in [1.29, 1.82) is 0 Å². The van der Waals surface area contributed by atoms with Gasteiger partial charge in [-0.2, -0.15) is 4.40 Å². The molecule has 20 heavy (non-hydrogen) atoms. The second kappa shape index (κ2) is 6.26. The second-order valence-electron chi connectivity index (χ2n) is 4.83. The molecule has 0 aromatic heterocycles. The summed E-state index contributed by atoms with van der Waals surface area (Å²) in [6, 6.07) is 3.97. The molecule has 0 aliphatic heterocycles. The van der Waals surface area contributed by atoms with E-state index in [0.29, 0.717) is 5.56 Å². The van der Waals surface area contributed by atoms with Crippen molar-refractivity contribution < 1.29 is 22.1 Å². The highest BCUT2D eigenvalue weighted by molar-refractivity contribution is 9.10. The maximum absolute atomic E-state index is 12.1. The molecule has 0 bridgehead atoms. The molecular formula is C12H13BrF3NO2S. The predicted molar refractivity (Wildman–Crippen MR) is 76.3 cm³/mol. The molecule has 1 aromatic rings. The van der Waals surface area contributed by atoms with E-state index in [9.17, 15) is 17.4 Å². The quantitative estimate of drug-likeness (QED) is 0.745.